The van der Waals surface area contributed by atoms with Gasteiger partial charge in [-0.15, -0.1) is 0 Å². The van der Waals surface area contributed by atoms with Crippen LogP contribution in [0.4, 0.5) is 5.69 Å². The highest BCUT2D eigenvalue weighted by Crippen LogP contribution is 2.34. The summed E-state index contributed by atoms with van der Waals surface area (Å²) in [6.07, 6.45) is 0. The topological polar surface area (TPSA) is 32.3 Å². The molecule has 0 saturated carbocycles. The van der Waals surface area contributed by atoms with E-state index in [1.807, 2.05) is 12.1 Å². The number of benzene rings is 2. The summed E-state index contributed by atoms with van der Waals surface area (Å²) in [7, 11) is 0. The summed E-state index contributed by atoms with van der Waals surface area (Å²) in [5, 5.41) is 14.1. The highest BCUT2D eigenvalue weighted by atomic mass is 35.5. The Morgan fingerprint density at radius 1 is 1.00 bits per heavy atom. The number of para-hydroxylation sites is 1. The zero-order valence-corrected chi connectivity index (χ0v) is 11.5. The van der Waals surface area contributed by atoms with Crippen LogP contribution in [0.1, 0.15) is 5.56 Å². The monoisotopic (exact) mass is 301 g/mol. The molecule has 0 bridgehead atoms. The SMILES string of the molecule is Oc1ccccc1CNc1c(Cl)cc(Cl)cc1Cl. The van der Waals surface area contributed by atoms with Crippen molar-refractivity contribution in [3.05, 3.63) is 57.0 Å². The number of hydrogen-bond donors (Lipinski definition) is 2. The largest absolute Gasteiger partial charge is 0.508 e. The number of aromatic hydroxyl groups is 1. The lowest BCUT2D eigenvalue weighted by molar-refractivity contribution is 0.469. The predicted molar refractivity (Wildman–Crippen MR) is 76.9 cm³/mol. The molecule has 0 amide bonds. The molecule has 94 valence electrons. The van der Waals surface area contributed by atoms with Crippen LogP contribution in [0, 0.1) is 0 Å². The van der Waals surface area contributed by atoms with Crippen molar-refractivity contribution in [1.82, 2.24) is 0 Å². The van der Waals surface area contributed by atoms with Crippen molar-refractivity contribution in [2.75, 3.05) is 5.32 Å². The number of anilines is 1. The van der Waals surface area contributed by atoms with E-state index in [9.17, 15) is 5.11 Å². The molecule has 0 saturated heterocycles. The minimum absolute atomic E-state index is 0.228. The molecule has 5 heteroatoms. The van der Waals surface area contributed by atoms with Crippen LogP contribution in [-0.2, 0) is 6.54 Å². The van der Waals surface area contributed by atoms with Gasteiger partial charge >= 0.3 is 0 Å². The van der Waals surface area contributed by atoms with E-state index < -0.39 is 0 Å². The number of nitrogens with one attached hydrogen (secondary N) is 1. The van der Waals surface area contributed by atoms with Crippen LogP contribution in [0.15, 0.2) is 36.4 Å². The third-order valence-corrected chi connectivity index (χ3v) is 3.27. The number of phenols is 1. The average molecular weight is 303 g/mol. The van der Waals surface area contributed by atoms with Gasteiger partial charge < -0.3 is 10.4 Å². The fraction of sp³-hybridized carbons (Fsp3) is 0.0769. The summed E-state index contributed by atoms with van der Waals surface area (Å²) in [5.41, 5.74) is 1.37. The molecule has 2 rings (SSSR count). The standard InChI is InChI=1S/C13H10Cl3NO/c14-9-5-10(15)13(11(16)6-9)17-7-8-3-1-2-4-12(8)18/h1-6,17-18H,7H2. The molecule has 18 heavy (non-hydrogen) atoms. The third-order valence-electron chi connectivity index (χ3n) is 2.45. The minimum atomic E-state index is 0.228. The molecule has 2 N–H and O–H groups in total. The second kappa shape index (κ2) is 5.70. The molecule has 0 aromatic heterocycles. The minimum Gasteiger partial charge on any atom is -0.508 e. The van der Waals surface area contributed by atoms with Gasteiger partial charge in [-0.2, -0.15) is 0 Å². The van der Waals surface area contributed by atoms with Gasteiger partial charge in [-0.05, 0) is 18.2 Å². The van der Waals surface area contributed by atoms with Crippen LogP contribution in [0.3, 0.4) is 0 Å². The van der Waals surface area contributed by atoms with Crippen molar-refractivity contribution in [3.8, 4) is 5.75 Å². The van der Waals surface area contributed by atoms with Crippen LogP contribution in [0.2, 0.25) is 15.1 Å². The molecule has 0 spiro atoms. The van der Waals surface area contributed by atoms with E-state index in [2.05, 4.69) is 5.32 Å². The average Bonchev–Trinajstić information content (AvgIpc) is 2.30. The molecular weight excluding hydrogens is 293 g/mol. The van der Waals surface area contributed by atoms with Gasteiger partial charge in [0, 0.05) is 17.1 Å². The first kappa shape index (κ1) is 13.3. The van der Waals surface area contributed by atoms with Crippen molar-refractivity contribution in [1.29, 1.82) is 0 Å². The summed E-state index contributed by atoms with van der Waals surface area (Å²) >= 11 is 17.9. The zero-order chi connectivity index (χ0) is 13.1. The summed E-state index contributed by atoms with van der Waals surface area (Å²) in [4.78, 5) is 0. The Morgan fingerprint density at radius 2 is 1.61 bits per heavy atom. The molecule has 0 aliphatic rings. The van der Waals surface area contributed by atoms with Crippen LogP contribution in [0.5, 0.6) is 5.75 Å². The van der Waals surface area contributed by atoms with E-state index in [1.165, 1.54) is 0 Å². The van der Waals surface area contributed by atoms with Crippen LogP contribution < -0.4 is 5.32 Å². The first-order valence-corrected chi connectivity index (χ1v) is 6.36. The zero-order valence-electron chi connectivity index (χ0n) is 9.25. The summed E-state index contributed by atoms with van der Waals surface area (Å²) in [5.74, 6) is 0.228. The fourth-order valence-corrected chi connectivity index (χ4v) is 2.51. The van der Waals surface area contributed by atoms with E-state index in [-0.39, 0.29) is 5.75 Å². The lowest BCUT2D eigenvalue weighted by Crippen LogP contribution is -2.01. The van der Waals surface area contributed by atoms with Crippen molar-refractivity contribution < 1.29 is 5.11 Å². The maximum Gasteiger partial charge on any atom is 0.120 e. The first-order valence-electron chi connectivity index (χ1n) is 5.23. The van der Waals surface area contributed by atoms with Gasteiger partial charge in [-0.3, -0.25) is 0 Å². The summed E-state index contributed by atoms with van der Waals surface area (Å²) < 4.78 is 0. The van der Waals surface area contributed by atoms with Crippen LogP contribution in [0.25, 0.3) is 0 Å². The smallest absolute Gasteiger partial charge is 0.120 e. The van der Waals surface area contributed by atoms with E-state index in [0.29, 0.717) is 27.3 Å². The van der Waals surface area contributed by atoms with Crippen molar-refractivity contribution in [2.24, 2.45) is 0 Å². The second-order valence-corrected chi connectivity index (χ2v) is 4.98. The molecule has 2 aromatic rings. The Hall–Kier alpha value is -1.09. The van der Waals surface area contributed by atoms with E-state index in [1.54, 1.807) is 24.3 Å². The molecule has 0 heterocycles. The first-order chi connectivity index (χ1) is 8.58. The van der Waals surface area contributed by atoms with Gasteiger partial charge in [0.25, 0.3) is 0 Å². The Labute approximate surface area is 120 Å². The van der Waals surface area contributed by atoms with Crippen LogP contribution in [-0.4, -0.2) is 5.11 Å². The maximum atomic E-state index is 9.64. The third kappa shape index (κ3) is 3.02. The lowest BCUT2D eigenvalue weighted by Gasteiger charge is -2.11. The predicted octanol–water partition coefficient (Wildman–Crippen LogP) is 4.96. The molecule has 0 atom stereocenters. The highest BCUT2D eigenvalue weighted by Gasteiger charge is 2.08. The number of halogens is 3. The summed E-state index contributed by atoms with van der Waals surface area (Å²) in [6.45, 7) is 0.424. The van der Waals surface area contributed by atoms with Gasteiger partial charge in [0.1, 0.15) is 5.75 Å². The second-order valence-electron chi connectivity index (χ2n) is 3.73. The Balaban J connectivity index is 2.19. The molecule has 0 unspecified atom stereocenters. The molecule has 2 nitrogen and oxygen atoms in total. The van der Waals surface area contributed by atoms with Gasteiger partial charge in [-0.1, -0.05) is 53.0 Å². The molecule has 0 fully saturated rings. The number of hydrogen-bond acceptors (Lipinski definition) is 2. The van der Waals surface area contributed by atoms with Crippen LogP contribution >= 0.6 is 34.8 Å². The lowest BCUT2D eigenvalue weighted by atomic mass is 10.2. The molecule has 0 aliphatic carbocycles. The van der Waals surface area contributed by atoms with E-state index >= 15 is 0 Å². The Morgan fingerprint density at radius 3 is 2.22 bits per heavy atom. The van der Waals surface area contributed by atoms with Crippen molar-refractivity contribution >= 4 is 40.5 Å². The quantitative estimate of drug-likeness (QED) is 0.839. The normalized spacial score (nSPS) is 10.4. The van der Waals surface area contributed by atoms with Gasteiger partial charge in [0.15, 0.2) is 0 Å². The molecule has 2 aromatic carbocycles. The van der Waals surface area contributed by atoms with E-state index in [4.69, 9.17) is 34.8 Å². The number of phenolic OH excluding ortho intramolecular Hbond substituents is 1. The Kier molecular flexibility index (Phi) is 4.23. The van der Waals surface area contributed by atoms with Gasteiger partial charge in [0.2, 0.25) is 0 Å². The molecule has 0 aliphatic heterocycles. The molecule has 0 radical (unpaired) electrons. The van der Waals surface area contributed by atoms with Gasteiger partial charge in [-0.25, -0.2) is 0 Å². The molecular formula is C13H10Cl3NO. The fourth-order valence-electron chi connectivity index (χ4n) is 1.56. The number of rotatable bonds is 3. The van der Waals surface area contributed by atoms with Gasteiger partial charge in [0.05, 0.1) is 15.7 Å². The highest BCUT2D eigenvalue weighted by molar-refractivity contribution is 6.41. The Bertz CT molecular complexity index is 549. The maximum absolute atomic E-state index is 9.64. The van der Waals surface area contributed by atoms with Crippen molar-refractivity contribution in [3.63, 3.8) is 0 Å². The van der Waals surface area contributed by atoms with Crippen molar-refractivity contribution in [2.45, 2.75) is 6.54 Å². The summed E-state index contributed by atoms with van der Waals surface area (Å²) in [6, 6.07) is 10.3. The van der Waals surface area contributed by atoms with E-state index in [0.717, 1.165) is 5.56 Å².